The Labute approximate surface area is 122 Å². The summed E-state index contributed by atoms with van der Waals surface area (Å²) in [5.74, 6) is -0.316. The van der Waals surface area contributed by atoms with Gasteiger partial charge in [-0.15, -0.1) is 11.3 Å². The molecule has 18 heavy (non-hydrogen) atoms. The second kappa shape index (κ2) is 5.96. The third-order valence-corrected chi connectivity index (χ3v) is 3.93. The molecular formula is C12H9IN2O2S. The number of hydrogen-bond acceptors (Lipinski definition) is 4. The van der Waals surface area contributed by atoms with Crippen LogP contribution in [0.15, 0.2) is 46.9 Å². The van der Waals surface area contributed by atoms with E-state index in [1.807, 2.05) is 29.6 Å². The highest BCUT2D eigenvalue weighted by molar-refractivity contribution is 14.1. The third kappa shape index (κ3) is 3.08. The molecular weight excluding hydrogens is 363 g/mol. The summed E-state index contributed by atoms with van der Waals surface area (Å²) >= 11 is 3.50. The standard InChI is InChI=1S/C12H9IN2O2S/c13-9-5-2-1-4-8(9)12(16)17-15-11(14)10-6-3-7-18-10/h1-7H,(H2,14,15). The number of halogens is 1. The minimum absolute atomic E-state index is 0.198. The number of nitrogens with zero attached hydrogens (tertiary/aromatic N) is 1. The topological polar surface area (TPSA) is 64.7 Å². The van der Waals surface area contributed by atoms with Gasteiger partial charge in [-0.3, -0.25) is 0 Å². The first-order valence-corrected chi connectivity index (χ1v) is 6.97. The molecule has 0 spiro atoms. The molecule has 0 aliphatic heterocycles. The van der Waals surface area contributed by atoms with Crippen molar-refractivity contribution in [1.29, 1.82) is 0 Å². The molecule has 0 saturated heterocycles. The maximum atomic E-state index is 11.8. The average molecular weight is 372 g/mol. The Morgan fingerprint density at radius 3 is 2.72 bits per heavy atom. The number of carbonyl (C=O) groups is 1. The minimum Gasteiger partial charge on any atom is -0.380 e. The first-order valence-electron chi connectivity index (χ1n) is 5.01. The van der Waals surface area contributed by atoms with Gasteiger partial charge in [-0.1, -0.05) is 23.4 Å². The fourth-order valence-corrected chi connectivity index (χ4v) is 2.46. The largest absolute Gasteiger partial charge is 0.380 e. The van der Waals surface area contributed by atoms with E-state index < -0.39 is 5.97 Å². The Kier molecular flexibility index (Phi) is 4.32. The summed E-state index contributed by atoms with van der Waals surface area (Å²) in [6.07, 6.45) is 0. The lowest BCUT2D eigenvalue weighted by atomic mass is 10.2. The van der Waals surface area contributed by atoms with Gasteiger partial charge in [0.15, 0.2) is 5.84 Å². The molecule has 0 saturated carbocycles. The number of benzene rings is 1. The lowest BCUT2D eigenvalue weighted by Gasteiger charge is -2.01. The molecule has 0 amide bonds. The van der Waals surface area contributed by atoms with E-state index in [2.05, 4.69) is 27.7 Å². The van der Waals surface area contributed by atoms with Gasteiger partial charge in [-0.05, 0) is 46.2 Å². The van der Waals surface area contributed by atoms with Crippen LogP contribution < -0.4 is 5.73 Å². The lowest BCUT2D eigenvalue weighted by molar-refractivity contribution is 0.0515. The van der Waals surface area contributed by atoms with Crippen molar-refractivity contribution in [3.8, 4) is 0 Å². The lowest BCUT2D eigenvalue weighted by Crippen LogP contribution is -2.14. The van der Waals surface area contributed by atoms with Crippen LogP contribution in [-0.2, 0) is 4.84 Å². The molecule has 1 aromatic heterocycles. The molecule has 0 bridgehead atoms. The van der Waals surface area contributed by atoms with Crippen LogP contribution in [0.5, 0.6) is 0 Å². The summed E-state index contributed by atoms with van der Waals surface area (Å²) in [7, 11) is 0. The monoisotopic (exact) mass is 372 g/mol. The Hall–Kier alpha value is -1.41. The van der Waals surface area contributed by atoms with Crippen LogP contribution in [0.4, 0.5) is 0 Å². The molecule has 0 atom stereocenters. The van der Waals surface area contributed by atoms with Crippen molar-refractivity contribution in [1.82, 2.24) is 0 Å². The zero-order valence-electron chi connectivity index (χ0n) is 9.17. The molecule has 0 unspecified atom stereocenters. The van der Waals surface area contributed by atoms with E-state index in [1.165, 1.54) is 11.3 Å². The number of amidine groups is 1. The second-order valence-corrected chi connectivity index (χ2v) is 5.42. The molecule has 92 valence electrons. The Morgan fingerprint density at radius 1 is 1.28 bits per heavy atom. The van der Waals surface area contributed by atoms with Gasteiger partial charge in [-0.2, -0.15) is 0 Å². The molecule has 2 rings (SSSR count). The van der Waals surface area contributed by atoms with Gasteiger partial charge >= 0.3 is 5.97 Å². The van der Waals surface area contributed by atoms with Gasteiger partial charge in [0, 0.05) is 3.57 Å². The van der Waals surface area contributed by atoms with E-state index in [9.17, 15) is 4.79 Å². The van der Waals surface area contributed by atoms with Gasteiger partial charge in [0.2, 0.25) is 0 Å². The van der Waals surface area contributed by atoms with Gasteiger partial charge < -0.3 is 10.6 Å². The predicted octanol–water partition coefficient (Wildman–Crippen LogP) is 2.83. The van der Waals surface area contributed by atoms with E-state index in [-0.39, 0.29) is 5.84 Å². The van der Waals surface area contributed by atoms with Crippen LogP contribution in [0.1, 0.15) is 15.2 Å². The maximum absolute atomic E-state index is 11.8. The van der Waals surface area contributed by atoms with E-state index >= 15 is 0 Å². The quantitative estimate of drug-likeness (QED) is 0.296. The minimum atomic E-state index is -0.514. The van der Waals surface area contributed by atoms with E-state index in [0.29, 0.717) is 5.56 Å². The summed E-state index contributed by atoms with van der Waals surface area (Å²) < 4.78 is 0.810. The van der Waals surface area contributed by atoms with Crippen LogP contribution in [0.25, 0.3) is 0 Å². The summed E-state index contributed by atoms with van der Waals surface area (Å²) in [5.41, 5.74) is 6.16. The van der Waals surface area contributed by atoms with E-state index in [1.54, 1.807) is 12.1 Å². The number of thiophene rings is 1. The third-order valence-electron chi connectivity index (χ3n) is 2.09. The zero-order valence-corrected chi connectivity index (χ0v) is 12.1. The SMILES string of the molecule is N/C(=N\OC(=O)c1ccccc1I)c1cccs1. The van der Waals surface area contributed by atoms with Crippen LogP contribution in [0.2, 0.25) is 0 Å². The van der Waals surface area contributed by atoms with Gasteiger partial charge in [0.1, 0.15) is 0 Å². The number of hydrogen-bond donors (Lipinski definition) is 1. The molecule has 0 aliphatic carbocycles. The van der Waals surface area contributed by atoms with Crippen molar-refractivity contribution >= 4 is 45.7 Å². The van der Waals surface area contributed by atoms with Gasteiger partial charge in [-0.25, -0.2) is 4.79 Å². The van der Waals surface area contributed by atoms with Crippen molar-refractivity contribution in [3.05, 3.63) is 55.8 Å². The van der Waals surface area contributed by atoms with Crippen molar-refractivity contribution in [2.45, 2.75) is 0 Å². The summed E-state index contributed by atoms with van der Waals surface area (Å²) in [6.45, 7) is 0. The molecule has 2 aromatic rings. The Balaban J connectivity index is 2.09. The van der Waals surface area contributed by atoms with Gasteiger partial charge in [0.25, 0.3) is 0 Å². The number of rotatable bonds is 3. The molecule has 2 N–H and O–H groups in total. The highest BCUT2D eigenvalue weighted by atomic mass is 127. The van der Waals surface area contributed by atoms with E-state index in [4.69, 9.17) is 10.6 Å². The molecule has 0 aliphatic rings. The fourth-order valence-electron chi connectivity index (χ4n) is 1.24. The van der Waals surface area contributed by atoms with Crippen molar-refractivity contribution in [3.63, 3.8) is 0 Å². The normalized spacial score (nSPS) is 11.3. The summed E-state index contributed by atoms with van der Waals surface area (Å²) in [6, 6.07) is 10.8. The number of carbonyl (C=O) groups excluding carboxylic acids is 1. The highest BCUT2D eigenvalue weighted by Crippen LogP contribution is 2.13. The van der Waals surface area contributed by atoms with Crippen molar-refractivity contribution in [2.75, 3.05) is 0 Å². The van der Waals surface area contributed by atoms with Crippen LogP contribution in [0, 0.1) is 3.57 Å². The van der Waals surface area contributed by atoms with Crippen molar-refractivity contribution < 1.29 is 9.63 Å². The first-order chi connectivity index (χ1) is 8.68. The van der Waals surface area contributed by atoms with E-state index in [0.717, 1.165) is 8.45 Å². The highest BCUT2D eigenvalue weighted by Gasteiger charge is 2.11. The molecule has 0 radical (unpaired) electrons. The Bertz CT molecular complexity index is 582. The fraction of sp³-hybridized carbons (Fsp3) is 0. The van der Waals surface area contributed by atoms with Gasteiger partial charge in [0.05, 0.1) is 10.4 Å². The zero-order chi connectivity index (χ0) is 13.0. The number of nitrogens with two attached hydrogens (primary N) is 1. The average Bonchev–Trinajstić information content (AvgIpc) is 2.90. The summed E-state index contributed by atoms with van der Waals surface area (Å²) in [4.78, 5) is 17.3. The molecule has 6 heteroatoms. The van der Waals surface area contributed by atoms with Crippen molar-refractivity contribution in [2.24, 2.45) is 10.9 Å². The molecule has 1 heterocycles. The predicted molar refractivity (Wildman–Crippen MR) is 79.6 cm³/mol. The van der Waals surface area contributed by atoms with Crippen LogP contribution >= 0.6 is 33.9 Å². The molecule has 1 aromatic carbocycles. The molecule has 0 fully saturated rings. The van der Waals surface area contributed by atoms with Crippen LogP contribution in [0.3, 0.4) is 0 Å². The van der Waals surface area contributed by atoms with Crippen LogP contribution in [-0.4, -0.2) is 11.8 Å². The first kappa shape index (κ1) is 13.0. The Morgan fingerprint density at radius 2 is 2.06 bits per heavy atom. The number of oxime groups is 1. The maximum Gasteiger partial charge on any atom is 0.366 e. The summed E-state index contributed by atoms with van der Waals surface area (Å²) in [5, 5.41) is 5.51. The smallest absolute Gasteiger partial charge is 0.366 e. The molecule has 4 nitrogen and oxygen atoms in total. The second-order valence-electron chi connectivity index (χ2n) is 3.31.